The Hall–Kier alpha value is -3.34. The monoisotopic (exact) mass is 382 g/mol. The number of ketones is 1. The van der Waals surface area contributed by atoms with Crippen LogP contribution in [0.5, 0.6) is 5.75 Å². The van der Waals surface area contributed by atoms with E-state index >= 15 is 0 Å². The van der Waals surface area contributed by atoms with Crippen molar-refractivity contribution in [1.82, 2.24) is 9.88 Å². The molecule has 5 nitrogen and oxygen atoms in total. The SMILES string of the molecule is O=C1C=C2N(C(=O)c3cc4c5c(ccc4[nH]3)OCC5)C[C@H]3C[C@@]23c2ccccc21. The maximum atomic E-state index is 13.5. The molecule has 29 heavy (non-hydrogen) atoms. The number of hydrogen-bond acceptors (Lipinski definition) is 3. The zero-order valence-electron chi connectivity index (χ0n) is 15.7. The highest BCUT2D eigenvalue weighted by atomic mass is 16.5. The van der Waals surface area contributed by atoms with Gasteiger partial charge in [-0.2, -0.15) is 0 Å². The van der Waals surface area contributed by atoms with Gasteiger partial charge in [-0.05, 0) is 36.1 Å². The molecule has 1 N–H and O–H groups in total. The van der Waals surface area contributed by atoms with Crippen LogP contribution in [-0.2, 0) is 11.8 Å². The Bertz CT molecular complexity index is 1300. The molecule has 2 fully saturated rings. The maximum Gasteiger partial charge on any atom is 0.274 e. The highest BCUT2D eigenvalue weighted by Crippen LogP contribution is 2.66. The first-order valence-corrected chi connectivity index (χ1v) is 10.1. The Morgan fingerprint density at radius 1 is 1.21 bits per heavy atom. The molecule has 7 rings (SSSR count). The van der Waals surface area contributed by atoms with Crippen molar-refractivity contribution in [3.63, 3.8) is 0 Å². The molecule has 1 saturated heterocycles. The predicted molar refractivity (Wildman–Crippen MR) is 107 cm³/mol. The number of carbonyl (C=O) groups excluding carboxylic acids is 2. The quantitative estimate of drug-likeness (QED) is 0.700. The number of nitrogens with zero attached hydrogens (tertiary/aromatic N) is 1. The van der Waals surface area contributed by atoms with E-state index in [2.05, 4.69) is 11.1 Å². The molecule has 2 aliphatic heterocycles. The fourth-order valence-electron chi connectivity index (χ4n) is 5.74. The van der Waals surface area contributed by atoms with Crippen molar-refractivity contribution in [1.29, 1.82) is 0 Å². The third-order valence-corrected chi connectivity index (χ3v) is 7.15. The largest absolute Gasteiger partial charge is 0.493 e. The van der Waals surface area contributed by atoms with Gasteiger partial charge < -0.3 is 14.6 Å². The van der Waals surface area contributed by atoms with Gasteiger partial charge in [-0.3, -0.25) is 9.59 Å². The summed E-state index contributed by atoms with van der Waals surface area (Å²) in [5.41, 5.74) is 5.30. The second-order valence-corrected chi connectivity index (χ2v) is 8.51. The number of ether oxygens (including phenoxy) is 1. The summed E-state index contributed by atoms with van der Waals surface area (Å²) in [7, 11) is 0. The van der Waals surface area contributed by atoms with Crippen molar-refractivity contribution >= 4 is 22.6 Å². The summed E-state index contributed by atoms with van der Waals surface area (Å²) in [6.45, 7) is 1.36. The minimum atomic E-state index is -0.152. The summed E-state index contributed by atoms with van der Waals surface area (Å²) in [4.78, 5) is 31.3. The molecule has 2 aliphatic carbocycles. The second kappa shape index (κ2) is 4.98. The number of piperidine rings is 1. The number of H-pyrrole nitrogens is 1. The average Bonchev–Trinajstić information content (AvgIpc) is 3.11. The van der Waals surface area contributed by atoms with Crippen LogP contribution in [0.2, 0.25) is 0 Å². The second-order valence-electron chi connectivity index (χ2n) is 8.51. The van der Waals surface area contributed by atoms with Gasteiger partial charge in [0.25, 0.3) is 5.91 Å². The number of hydrogen-bond donors (Lipinski definition) is 1. The van der Waals surface area contributed by atoms with Gasteiger partial charge in [0, 0.05) is 52.2 Å². The Labute approximate surface area is 167 Å². The average molecular weight is 382 g/mol. The molecule has 1 saturated carbocycles. The summed E-state index contributed by atoms with van der Waals surface area (Å²) in [5, 5.41) is 1.06. The Kier molecular flexibility index (Phi) is 2.67. The van der Waals surface area contributed by atoms with Gasteiger partial charge in [-0.25, -0.2) is 0 Å². The van der Waals surface area contributed by atoms with E-state index in [0.29, 0.717) is 24.8 Å². The molecule has 142 valence electrons. The normalized spacial score (nSPS) is 25.8. The van der Waals surface area contributed by atoms with E-state index in [0.717, 1.165) is 46.3 Å². The smallest absolute Gasteiger partial charge is 0.274 e. The summed E-state index contributed by atoms with van der Waals surface area (Å²) >= 11 is 0. The summed E-state index contributed by atoms with van der Waals surface area (Å²) in [6, 6.07) is 13.7. The highest BCUT2D eigenvalue weighted by Gasteiger charge is 2.67. The molecule has 3 aromatic rings. The molecule has 1 aromatic heterocycles. The van der Waals surface area contributed by atoms with Crippen molar-refractivity contribution in [2.75, 3.05) is 13.2 Å². The first-order chi connectivity index (χ1) is 14.2. The van der Waals surface area contributed by atoms with Gasteiger partial charge in [0.1, 0.15) is 11.4 Å². The number of aromatic amines is 1. The number of rotatable bonds is 1. The fraction of sp³-hybridized carbons (Fsp3) is 0.250. The molecule has 4 aliphatic rings. The van der Waals surface area contributed by atoms with Crippen molar-refractivity contribution < 1.29 is 14.3 Å². The number of carbonyl (C=O) groups is 2. The van der Waals surface area contributed by atoms with Gasteiger partial charge in [-0.15, -0.1) is 0 Å². The van der Waals surface area contributed by atoms with Crippen molar-refractivity contribution in [2.45, 2.75) is 18.3 Å². The van der Waals surface area contributed by atoms with E-state index in [1.54, 1.807) is 6.08 Å². The van der Waals surface area contributed by atoms with Crippen LogP contribution in [0.4, 0.5) is 0 Å². The van der Waals surface area contributed by atoms with Gasteiger partial charge in [-0.1, -0.05) is 24.3 Å². The molecular weight excluding hydrogens is 364 g/mol. The van der Waals surface area contributed by atoms with Crippen molar-refractivity contribution in [2.24, 2.45) is 5.92 Å². The standard InChI is InChI=1S/C24H18N2O3/c27-20-10-22-24(17-4-2-1-3-15(17)20)11-13(24)12-26(22)23(28)19-9-16-14-7-8-29-21(14)6-5-18(16)25-19/h1-6,9-10,13,25H,7-8,11-12H2/t13-,24-/m1/s1. The van der Waals surface area contributed by atoms with Gasteiger partial charge in [0.15, 0.2) is 5.78 Å². The zero-order chi connectivity index (χ0) is 19.3. The topological polar surface area (TPSA) is 62.4 Å². The third-order valence-electron chi connectivity index (χ3n) is 7.15. The van der Waals surface area contributed by atoms with Gasteiger partial charge in [0.05, 0.1) is 6.61 Å². The summed E-state index contributed by atoms with van der Waals surface area (Å²) in [5.74, 6) is 1.25. The first-order valence-electron chi connectivity index (χ1n) is 10.1. The summed E-state index contributed by atoms with van der Waals surface area (Å²) in [6.07, 6.45) is 3.58. The van der Waals surface area contributed by atoms with Crippen LogP contribution in [0.25, 0.3) is 10.9 Å². The lowest BCUT2D eigenvalue weighted by atomic mass is 9.81. The predicted octanol–water partition coefficient (Wildman–Crippen LogP) is 3.60. The van der Waals surface area contributed by atoms with Gasteiger partial charge >= 0.3 is 0 Å². The lowest BCUT2D eigenvalue weighted by molar-refractivity contribution is 0.0806. The molecule has 1 amide bonds. The molecule has 2 aromatic carbocycles. The molecule has 2 atom stereocenters. The fourth-order valence-corrected chi connectivity index (χ4v) is 5.74. The van der Waals surface area contributed by atoms with E-state index < -0.39 is 0 Å². The first kappa shape index (κ1) is 15.6. The minimum absolute atomic E-state index is 0.00168. The number of allylic oxidation sites excluding steroid dienone is 2. The van der Waals surface area contributed by atoms with Crippen LogP contribution in [0.3, 0.4) is 0 Å². The number of benzene rings is 2. The van der Waals surface area contributed by atoms with Gasteiger partial charge in [0.2, 0.25) is 0 Å². The highest BCUT2D eigenvalue weighted by molar-refractivity contribution is 6.10. The summed E-state index contributed by atoms with van der Waals surface area (Å²) < 4.78 is 5.66. The van der Waals surface area contributed by atoms with Crippen LogP contribution in [0, 0.1) is 5.92 Å². The van der Waals surface area contributed by atoms with Crippen molar-refractivity contribution in [3.8, 4) is 5.75 Å². The number of likely N-dealkylation sites (tertiary alicyclic amines) is 1. The molecule has 3 heterocycles. The molecular formula is C24H18N2O3. The van der Waals surface area contributed by atoms with Crippen LogP contribution >= 0.6 is 0 Å². The van der Waals surface area contributed by atoms with Crippen LogP contribution in [0.15, 0.2) is 54.2 Å². The Morgan fingerprint density at radius 3 is 3.03 bits per heavy atom. The zero-order valence-corrected chi connectivity index (χ0v) is 15.7. The van der Waals surface area contributed by atoms with E-state index in [1.165, 1.54) is 5.56 Å². The lowest BCUT2D eigenvalue weighted by Gasteiger charge is -2.29. The van der Waals surface area contributed by atoms with Crippen LogP contribution in [-0.4, -0.2) is 34.7 Å². The van der Waals surface area contributed by atoms with Crippen LogP contribution < -0.4 is 4.74 Å². The van der Waals surface area contributed by atoms with E-state index in [9.17, 15) is 9.59 Å². The number of fused-ring (bicyclic) bond motifs is 4. The van der Waals surface area contributed by atoms with Crippen LogP contribution in [0.1, 0.15) is 38.4 Å². The Balaban J connectivity index is 1.32. The number of amides is 1. The molecule has 0 bridgehead atoms. The Morgan fingerprint density at radius 2 is 2.10 bits per heavy atom. The molecule has 0 radical (unpaired) electrons. The molecule has 5 heteroatoms. The number of nitrogens with one attached hydrogen (secondary N) is 1. The third kappa shape index (κ3) is 1.81. The molecule has 0 unspecified atom stereocenters. The van der Waals surface area contributed by atoms with Crippen molar-refractivity contribution in [3.05, 3.63) is 76.6 Å². The number of aromatic nitrogens is 1. The lowest BCUT2D eigenvalue weighted by Crippen LogP contribution is -2.33. The maximum absolute atomic E-state index is 13.5. The van der Waals surface area contributed by atoms with E-state index in [1.807, 2.05) is 41.3 Å². The van der Waals surface area contributed by atoms with E-state index in [4.69, 9.17) is 4.74 Å². The van der Waals surface area contributed by atoms with E-state index in [-0.39, 0.29) is 17.1 Å². The molecule has 1 spiro atoms. The minimum Gasteiger partial charge on any atom is -0.493 e.